The van der Waals surface area contributed by atoms with Crippen LogP contribution >= 0.6 is 0 Å². The lowest BCUT2D eigenvalue weighted by atomic mass is 10.1. The van der Waals surface area contributed by atoms with E-state index in [4.69, 9.17) is 4.74 Å². The first-order valence-electron chi connectivity index (χ1n) is 5.62. The normalized spacial score (nSPS) is 11.5. The summed E-state index contributed by atoms with van der Waals surface area (Å²) in [4.78, 5) is 11.4. The summed E-state index contributed by atoms with van der Waals surface area (Å²) in [6.45, 7) is 6.53. The van der Waals surface area contributed by atoms with E-state index in [-0.39, 0.29) is 5.97 Å². The molecule has 0 aromatic heterocycles. The molecular weight excluding hydrogens is 176 g/mol. The number of ether oxygens (including phenoxy) is 1. The monoisotopic (exact) mass is 198 g/mol. The highest BCUT2D eigenvalue weighted by Gasteiger charge is 2.08. The van der Waals surface area contributed by atoms with Crippen LogP contribution in [0.2, 0.25) is 0 Å². The maximum Gasteiger partial charge on any atom is 0.333 e. The molecule has 0 aromatic carbocycles. The summed E-state index contributed by atoms with van der Waals surface area (Å²) in [5, 5.41) is 0. The van der Waals surface area contributed by atoms with Crippen molar-refractivity contribution in [2.75, 3.05) is 6.61 Å². The molecule has 0 fully saturated rings. The molecule has 0 aliphatic heterocycles. The van der Waals surface area contributed by atoms with Crippen LogP contribution in [0.5, 0.6) is 0 Å². The van der Waals surface area contributed by atoms with E-state index in [1.165, 1.54) is 6.42 Å². The second-order valence-electron chi connectivity index (χ2n) is 3.34. The van der Waals surface area contributed by atoms with Crippen molar-refractivity contribution in [3.8, 4) is 0 Å². The lowest BCUT2D eigenvalue weighted by molar-refractivity contribution is -0.138. The molecule has 0 spiro atoms. The van der Waals surface area contributed by atoms with Crippen molar-refractivity contribution in [2.45, 2.75) is 52.9 Å². The smallest absolute Gasteiger partial charge is 0.333 e. The number of esters is 1. The zero-order valence-electron chi connectivity index (χ0n) is 9.64. The van der Waals surface area contributed by atoms with Gasteiger partial charge in [-0.05, 0) is 19.8 Å². The Morgan fingerprint density at radius 2 is 1.93 bits per heavy atom. The van der Waals surface area contributed by atoms with Gasteiger partial charge in [0.1, 0.15) is 0 Å². The first-order valence-corrected chi connectivity index (χ1v) is 5.62. The van der Waals surface area contributed by atoms with Crippen LogP contribution in [0.1, 0.15) is 52.9 Å². The molecule has 0 saturated carbocycles. The van der Waals surface area contributed by atoms with Crippen LogP contribution in [-0.2, 0) is 9.53 Å². The highest BCUT2D eigenvalue weighted by atomic mass is 16.5. The van der Waals surface area contributed by atoms with E-state index in [1.54, 1.807) is 0 Å². The number of carbonyl (C=O) groups is 1. The number of rotatable bonds is 7. The Kier molecular flexibility index (Phi) is 8.30. The third-order valence-corrected chi connectivity index (χ3v) is 2.01. The topological polar surface area (TPSA) is 26.3 Å². The molecule has 0 bridgehead atoms. The Bertz CT molecular complexity index is 183. The van der Waals surface area contributed by atoms with E-state index in [1.807, 2.05) is 13.0 Å². The summed E-state index contributed by atoms with van der Waals surface area (Å²) in [7, 11) is 0. The van der Waals surface area contributed by atoms with Crippen molar-refractivity contribution in [3.05, 3.63) is 11.6 Å². The molecule has 0 radical (unpaired) electrons. The molecule has 14 heavy (non-hydrogen) atoms. The Balaban J connectivity index is 4.11. The van der Waals surface area contributed by atoms with Crippen LogP contribution in [0.25, 0.3) is 0 Å². The van der Waals surface area contributed by atoms with Crippen LogP contribution < -0.4 is 0 Å². The average molecular weight is 198 g/mol. The maximum absolute atomic E-state index is 11.4. The average Bonchev–Trinajstić information content (AvgIpc) is 2.17. The van der Waals surface area contributed by atoms with Gasteiger partial charge in [-0.3, -0.25) is 0 Å². The summed E-state index contributed by atoms with van der Waals surface area (Å²) in [6.07, 6.45) is 7.17. The highest BCUT2D eigenvalue weighted by molar-refractivity contribution is 5.88. The van der Waals surface area contributed by atoms with Gasteiger partial charge in [-0.15, -0.1) is 0 Å². The summed E-state index contributed by atoms with van der Waals surface area (Å²) in [6, 6.07) is 0. The van der Waals surface area contributed by atoms with Gasteiger partial charge in [-0.1, -0.05) is 39.2 Å². The molecule has 0 rings (SSSR count). The highest BCUT2D eigenvalue weighted by Crippen LogP contribution is 2.10. The fourth-order valence-corrected chi connectivity index (χ4v) is 1.26. The largest absolute Gasteiger partial charge is 0.463 e. The van der Waals surface area contributed by atoms with Gasteiger partial charge >= 0.3 is 5.97 Å². The second-order valence-corrected chi connectivity index (χ2v) is 3.34. The van der Waals surface area contributed by atoms with Crippen molar-refractivity contribution < 1.29 is 9.53 Å². The number of unbranched alkanes of at least 4 members (excludes halogenated alkanes) is 2. The molecule has 2 nitrogen and oxygen atoms in total. The summed E-state index contributed by atoms with van der Waals surface area (Å²) >= 11 is 0. The van der Waals surface area contributed by atoms with E-state index < -0.39 is 0 Å². The molecule has 0 aliphatic rings. The minimum absolute atomic E-state index is 0.134. The Morgan fingerprint density at radius 3 is 2.43 bits per heavy atom. The number of carbonyl (C=O) groups excluding carboxylic acids is 1. The van der Waals surface area contributed by atoms with E-state index in [9.17, 15) is 4.79 Å². The minimum atomic E-state index is -0.134. The standard InChI is InChI=1S/C12H22O2/c1-4-7-8-10-11(9-5-2)12(13)14-6-3/h10H,4-9H2,1-3H3/b11-10+. The molecule has 0 aliphatic carbocycles. The fourth-order valence-electron chi connectivity index (χ4n) is 1.26. The number of hydrogen-bond donors (Lipinski definition) is 0. The van der Waals surface area contributed by atoms with Gasteiger partial charge in [0, 0.05) is 5.57 Å². The van der Waals surface area contributed by atoms with Crippen molar-refractivity contribution in [1.82, 2.24) is 0 Å². The number of allylic oxidation sites excluding steroid dienone is 1. The summed E-state index contributed by atoms with van der Waals surface area (Å²) < 4.78 is 4.98. The minimum Gasteiger partial charge on any atom is -0.463 e. The Labute approximate surface area is 87.3 Å². The molecule has 82 valence electrons. The van der Waals surface area contributed by atoms with Crippen molar-refractivity contribution in [2.24, 2.45) is 0 Å². The first kappa shape index (κ1) is 13.2. The van der Waals surface area contributed by atoms with Crippen molar-refractivity contribution in [3.63, 3.8) is 0 Å². The Morgan fingerprint density at radius 1 is 1.21 bits per heavy atom. The van der Waals surface area contributed by atoms with Crippen molar-refractivity contribution in [1.29, 1.82) is 0 Å². The van der Waals surface area contributed by atoms with E-state index >= 15 is 0 Å². The predicted octanol–water partition coefficient (Wildman–Crippen LogP) is 3.47. The molecule has 0 saturated heterocycles. The van der Waals surface area contributed by atoms with E-state index in [0.29, 0.717) is 6.61 Å². The van der Waals surface area contributed by atoms with Gasteiger partial charge in [-0.25, -0.2) is 4.79 Å². The molecule has 0 amide bonds. The summed E-state index contributed by atoms with van der Waals surface area (Å²) in [5.74, 6) is -0.134. The SMILES string of the molecule is CCCC/C=C(\CCC)C(=O)OCC. The second kappa shape index (κ2) is 8.79. The van der Waals surface area contributed by atoms with Crippen molar-refractivity contribution >= 4 is 5.97 Å². The lowest BCUT2D eigenvalue weighted by Crippen LogP contribution is -2.07. The van der Waals surface area contributed by atoms with Gasteiger partial charge in [-0.2, -0.15) is 0 Å². The van der Waals surface area contributed by atoms with Crippen LogP contribution in [0.15, 0.2) is 11.6 Å². The van der Waals surface area contributed by atoms with Gasteiger partial charge in [0.2, 0.25) is 0 Å². The maximum atomic E-state index is 11.4. The van der Waals surface area contributed by atoms with Gasteiger partial charge in [0.25, 0.3) is 0 Å². The molecule has 2 heteroatoms. The first-order chi connectivity index (χ1) is 6.76. The zero-order valence-corrected chi connectivity index (χ0v) is 9.64. The molecule has 0 atom stereocenters. The van der Waals surface area contributed by atoms with Crippen LogP contribution in [0, 0.1) is 0 Å². The quantitative estimate of drug-likeness (QED) is 0.356. The molecule has 0 heterocycles. The number of hydrogen-bond acceptors (Lipinski definition) is 2. The molecule has 0 aromatic rings. The van der Waals surface area contributed by atoms with Crippen LogP contribution in [0.3, 0.4) is 0 Å². The molecular formula is C12H22O2. The van der Waals surface area contributed by atoms with Crippen LogP contribution in [0.4, 0.5) is 0 Å². The Hall–Kier alpha value is -0.790. The molecule has 0 unspecified atom stereocenters. The predicted molar refractivity (Wildman–Crippen MR) is 59.1 cm³/mol. The van der Waals surface area contributed by atoms with Gasteiger partial charge < -0.3 is 4.74 Å². The van der Waals surface area contributed by atoms with Gasteiger partial charge in [0.05, 0.1) is 6.61 Å². The van der Waals surface area contributed by atoms with Gasteiger partial charge in [0.15, 0.2) is 0 Å². The van der Waals surface area contributed by atoms with E-state index in [2.05, 4.69) is 13.8 Å². The lowest BCUT2D eigenvalue weighted by Gasteiger charge is -2.05. The third-order valence-electron chi connectivity index (χ3n) is 2.01. The van der Waals surface area contributed by atoms with Crippen LogP contribution in [-0.4, -0.2) is 12.6 Å². The zero-order chi connectivity index (χ0) is 10.8. The van der Waals surface area contributed by atoms with E-state index in [0.717, 1.165) is 31.3 Å². The fraction of sp³-hybridized carbons (Fsp3) is 0.750. The third kappa shape index (κ3) is 5.79. The molecule has 0 N–H and O–H groups in total. The summed E-state index contributed by atoms with van der Waals surface area (Å²) in [5.41, 5.74) is 0.850.